The second-order valence-electron chi connectivity index (χ2n) is 4.89. The second-order valence-corrected chi connectivity index (χ2v) is 6.55. The first-order valence-corrected chi connectivity index (χ1v) is 8.09. The maximum atomic E-state index is 12.1. The molecule has 0 unspecified atom stereocenters. The summed E-state index contributed by atoms with van der Waals surface area (Å²) >= 11 is 7.17. The molecule has 7 heteroatoms. The van der Waals surface area contributed by atoms with Crippen LogP contribution in [0.4, 0.5) is 10.7 Å². The zero-order valence-electron chi connectivity index (χ0n) is 13.0. The number of ether oxygens (including phenoxy) is 1. The summed E-state index contributed by atoms with van der Waals surface area (Å²) < 4.78 is 4.78. The molecule has 1 amide bonds. The lowest BCUT2D eigenvalue weighted by Crippen LogP contribution is -2.22. The predicted octanol–water partition coefficient (Wildman–Crippen LogP) is 3.86. The first kappa shape index (κ1) is 17.3. The third-order valence-corrected chi connectivity index (χ3v) is 4.70. The highest BCUT2D eigenvalue weighted by atomic mass is 35.5. The van der Waals surface area contributed by atoms with Crippen LogP contribution in [0.2, 0.25) is 5.02 Å². The van der Waals surface area contributed by atoms with Gasteiger partial charge in [-0.25, -0.2) is 4.79 Å². The SMILES string of the molecule is COC(=O)c1c(NC(=O)CNc2ccc(Cl)cc2)sc(C)c1C. The van der Waals surface area contributed by atoms with Crippen LogP contribution >= 0.6 is 22.9 Å². The Morgan fingerprint density at radius 2 is 1.87 bits per heavy atom. The number of esters is 1. The molecule has 0 aliphatic heterocycles. The number of carbonyl (C=O) groups excluding carboxylic acids is 2. The molecular weight excluding hydrogens is 336 g/mol. The van der Waals surface area contributed by atoms with Crippen LogP contribution in [0.3, 0.4) is 0 Å². The van der Waals surface area contributed by atoms with Crippen molar-refractivity contribution in [1.29, 1.82) is 0 Å². The number of rotatable bonds is 5. The Hall–Kier alpha value is -2.05. The molecule has 5 nitrogen and oxygen atoms in total. The molecule has 0 spiro atoms. The van der Waals surface area contributed by atoms with Crippen molar-refractivity contribution < 1.29 is 14.3 Å². The van der Waals surface area contributed by atoms with E-state index in [9.17, 15) is 9.59 Å². The van der Waals surface area contributed by atoms with E-state index in [2.05, 4.69) is 10.6 Å². The number of hydrogen-bond acceptors (Lipinski definition) is 5. The van der Waals surface area contributed by atoms with Crippen molar-refractivity contribution in [3.05, 3.63) is 45.3 Å². The molecule has 0 fully saturated rings. The number of amides is 1. The highest BCUT2D eigenvalue weighted by molar-refractivity contribution is 7.16. The van der Waals surface area contributed by atoms with Gasteiger partial charge in [-0.1, -0.05) is 11.6 Å². The van der Waals surface area contributed by atoms with Gasteiger partial charge in [-0.3, -0.25) is 4.79 Å². The van der Waals surface area contributed by atoms with Crippen molar-refractivity contribution in [3.8, 4) is 0 Å². The van der Waals surface area contributed by atoms with E-state index < -0.39 is 5.97 Å². The van der Waals surface area contributed by atoms with Crippen molar-refractivity contribution in [2.24, 2.45) is 0 Å². The number of thiophene rings is 1. The molecule has 0 atom stereocenters. The smallest absolute Gasteiger partial charge is 0.341 e. The molecule has 1 heterocycles. The van der Waals surface area contributed by atoms with Crippen LogP contribution in [0.25, 0.3) is 0 Å². The Labute approximate surface area is 143 Å². The monoisotopic (exact) mass is 352 g/mol. The third-order valence-electron chi connectivity index (χ3n) is 3.33. The third kappa shape index (κ3) is 4.24. The summed E-state index contributed by atoms with van der Waals surface area (Å²) in [5.41, 5.74) is 2.02. The molecule has 0 aliphatic carbocycles. The Kier molecular flexibility index (Phi) is 5.63. The average molecular weight is 353 g/mol. The average Bonchev–Trinajstić information content (AvgIpc) is 2.80. The molecule has 2 rings (SSSR count). The second kappa shape index (κ2) is 7.48. The number of carbonyl (C=O) groups is 2. The number of methoxy groups -OCH3 is 1. The number of nitrogens with one attached hydrogen (secondary N) is 2. The summed E-state index contributed by atoms with van der Waals surface area (Å²) in [6.45, 7) is 3.81. The first-order chi connectivity index (χ1) is 10.9. The summed E-state index contributed by atoms with van der Waals surface area (Å²) in [6.07, 6.45) is 0. The Balaban J connectivity index is 2.04. The van der Waals surface area contributed by atoms with E-state index in [4.69, 9.17) is 16.3 Å². The molecule has 2 aromatic rings. The van der Waals surface area contributed by atoms with Crippen LogP contribution < -0.4 is 10.6 Å². The van der Waals surface area contributed by atoms with Crippen molar-refractivity contribution in [1.82, 2.24) is 0 Å². The van der Waals surface area contributed by atoms with E-state index in [1.54, 1.807) is 24.3 Å². The standard InChI is InChI=1S/C16H17ClN2O3S/c1-9-10(2)23-15(14(9)16(21)22-3)19-13(20)8-18-12-6-4-11(17)5-7-12/h4-7,18H,8H2,1-3H3,(H,19,20). The molecule has 122 valence electrons. The summed E-state index contributed by atoms with van der Waals surface area (Å²) in [4.78, 5) is 24.9. The van der Waals surface area contributed by atoms with Gasteiger partial charge in [0.15, 0.2) is 0 Å². The van der Waals surface area contributed by atoms with E-state index >= 15 is 0 Å². The lowest BCUT2D eigenvalue weighted by atomic mass is 10.1. The topological polar surface area (TPSA) is 67.4 Å². The van der Waals surface area contributed by atoms with Crippen LogP contribution in [0, 0.1) is 13.8 Å². The van der Waals surface area contributed by atoms with Crippen molar-refractivity contribution in [2.45, 2.75) is 13.8 Å². The van der Waals surface area contributed by atoms with Gasteiger partial charge in [0, 0.05) is 15.6 Å². The van der Waals surface area contributed by atoms with E-state index in [-0.39, 0.29) is 12.5 Å². The van der Waals surface area contributed by atoms with Crippen LogP contribution in [-0.2, 0) is 9.53 Å². The molecule has 0 bridgehead atoms. The Bertz CT molecular complexity index is 726. The number of halogens is 1. The largest absolute Gasteiger partial charge is 0.465 e. The van der Waals surface area contributed by atoms with Gasteiger partial charge in [0.05, 0.1) is 19.2 Å². The van der Waals surface area contributed by atoms with Crippen LogP contribution in [0.5, 0.6) is 0 Å². The summed E-state index contributed by atoms with van der Waals surface area (Å²) in [6, 6.07) is 7.05. The van der Waals surface area contributed by atoms with Gasteiger partial charge >= 0.3 is 5.97 Å². The quantitative estimate of drug-likeness (QED) is 0.802. The zero-order valence-corrected chi connectivity index (χ0v) is 14.6. The number of aryl methyl sites for hydroxylation is 1. The van der Waals surface area contributed by atoms with Gasteiger partial charge in [-0.05, 0) is 43.7 Å². The zero-order chi connectivity index (χ0) is 17.0. The highest BCUT2D eigenvalue weighted by Crippen LogP contribution is 2.32. The van der Waals surface area contributed by atoms with E-state index in [1.165, 1.54) is 18.4 Å². The lowest BCUT2D eigenvalue weighted by molar-refractivity contribution is -0.114. The van der Waals surface area contributed by atoms with E-state index in [0.717, 1.165) is 16.1 Å². The fourth-order valence-corrected chi connectivity index (χ4v) is 3.17. The summed E-state index contributed by atoms with van der Waals surface area (Å²) in [7, 11) is 1.32. The fraction of sp³-hybridized carbons (Fsp3) is 0.250. The molecule has 1 aromatic heterocycles. The summed E-state index contributed by atoms with van der Waals surface area (Å²) in [5.74, 6) is -0.695. The number of anilines is 2. The Morgan fingerprint density at radius 1 is 1.22 bits per heavy atom. The van der Waals surface area contributed by atoms with Gasteiger partial charge in [0.2, 0.25) is 5.91 Å². The van der Waals surface area contributed by atoms with Crippen molar-refractivity contribution in [2.75, 3.05) is 24.3 Å². The van der Waals surface area contributed by atoms with Gasteiger partial charge in [-0.2, -0.15) is 0 Å². The minimum absolute atomic E-state index is 0.0816. The van der Waals surface area contributed by atoms with Gasteiger partial charge < -0.3 is 15.4 Å². The fourth-order valence-electron chi connectivity index (χ4n) is 1.98. The minimum atomic E-state index is -0.451. The molecule has 0 aliphatic rings. The van der Waals surface area contributed by atoms with Gasteiger partial charge in [-0.15, -0.1) is 11.3 Å². The molecule has 1 aromatic carbocycles. The van der Waals surface area contributed by atoms with Crippen LogP contribution in [0.15, 0.2) is 24.3 Å². The number of hydrogen-bond donors (Lipinski definition) is 2. The van der Waals surface area contributed by atoms with Crippen molar-refractivity contribution in [3.63, 3.8) is 0 Å². The molecule has 0 saturated carbocycles. The number of benzene rings is 1. The summed E-state index contributed by atoms with van der Waals surface area (Å²) in [5, 5.41) is 6.89. The molecule has 23 heavy (non-hydrogen) atoms. The predicted molar refractivity (Wildman–Crippen MR) is 93.7 cm³/mol. The maximum Gasteiger partial charge on any atom is 0.341 e. The minimum Gasteiger partial charge on any atom is -0.465 e. The van der Waals surface area contributed by atoms with E-state index in [0.29, 0.717) is 15.6 Å². The lowest BCUT2D eigenvalue weighted by Gasteiger charge is -2.08. The van der Waals surface area contributed by atoms with Crippen LogP contribution in [-0.4, -0.2) is 25.5 Å². The Morgan fingerprint density at radius 3 is 2.48 bits per heavy atom. The first-order valence-electron chi connectivity index (χ1n) is 6.90. The molecule has 2 N–H and O–H groups in total. The van der Waals surface area contributed by atoms with Gasteiger partial charge in [0.1, 0.15) is 5.00 Å². The van der Waals surface area contributed by atoms with E-state index in [1.807, 2.05) is 13.8 Å². The normalized spacial score (nSPS) is 10.3. The highest BCUT2D eigenvalue weighted by Gasteiger charge is 2.21. The van der Waals surface area contributed by atoms with Crippen molar-refractivity contribution >= 4 is 45.5 Å². The maximum absolute atomic E-state index is 12.1. The van der Waals surface area contributed by atoms with Gasteiger partial charge in [0.25, 0.3) is 0 Å². The molecular formula is C16H17ClN2O3S. The molecule has 0 saturated heterocycles. The molecule has 0 radical (unpaired) electrons. The van der Waals surface area contributed by atoms with Crippen LogP contribution in [0.1, 0.15) is 20.8 Å².